The van der Waals surface area contributed by atoms with Gasteiger partial charge in [0.1, 0.15) is 6.54 Å². The zero-order chi connectivity index (χ0) is 20.8. The fraction of sp³-hybridized carbons (Fsp3) is 0.190. The number of benzene rings is 2. The molecule has 0 saturated heterocycles. The van der Waals surface area contributed by atoms with Crippen molar-refractivity contribution in [1.82, 2.24) is 14.7 Å². The van der Waals surface area contributed by atoms with Crippen LogP contribution < -0.4 is 5.32 Å². The Kier molecular flexibility index (Phi) is 6.90. The van der Waals surface area contributed by atoms with E-state index in [1.165, 1.54) is 11.1 Å². The van der Waals surface area contributed by atoms with Gasteiger partial charge in [0, 0.05) is 17.8 Å². The maximum atomic E-state index is 12.9. The van der Waals surface area contributed by atoms with Gasteiger partial charge in [0.15, 0.2) is 0 Å². The van der Waals surface area contributed by atoms with E-state index in [1.807, 2.05) is 37.3 Å². The molecule has 0 bridgehead atoms. The molecule has 0 fully saturated rings. The number of aromatic nitrogens is 2. The number of amides is 2. The van der Waals surface area contributed by atoms with E-state index in [0.717, 1.165) is 5.69 Å². The first kappa shape index (κ1) is 20.9. The summed E-state index contributed by atoms with van der Waals surface area (Å²) in [7, 11) is 0. The topological polar surface area (TPSA) is 67.2 Å². The molecule has 0 atom stereocenters. The van der Waals surface area contributed by atoms with Gasteiger partial charge in [0.25, 0.3) is 5.91 Å². The van der Waals surface area contributed by atoms with Gasteiger partial charge in [0.05, 0.1) is 28.2 Å². The number of hydrogen-bond acceptors (Lipinski definition) is 3. The van der Waals surface area contributed by atoms with E-state index in [9.17, 15) is 9.59 Å². The molecule has 3 aromatic rings. The second kappa shape index (κ2) is 9.58. The monoisotopic (exact) mass is 430 g/mol. The van der Waals surface area contributed by atoms with Crippen molar-refractivity contribution < 1.29 is 9.59 Å². The molecule has 0 aliphatic heterocycles. The van der Waals surface area contributed by atoms with Gasteiger partial charge in [-0.1, -0.05) is 48.3 Å². The van der Waals surface area contributed by atoms with Crippen LogP contribution in [0.5, 0.6) is 0 Å². The van der Waals surface area contributed by atoms with Crippen LogP contribution in [0.25, 0.3) is 5.69 Å². The van der Waals surface area contributed by atoms with Gasteiger partial charge in [-0.25, -0.2) is 4.68 Å². The van der Waals surface area contributed by atoms with Crippen LogP contribution in [0.15, 0.2) is 60.9 Å². The van der Waals surface area contributed by atoms with Gasteiger partial charge >= 0.3 is 0 Å². The number of nitrogens with zero attached hydrogens (tertiary/aromatic N) is 3. The van der Waals surface area contributed by atoms with E-state index < -0.39 is 0 Å². The van der Waals surface area contributed by atoms with E-state index in [1.54, 1.807) is 29.1 Å². The molecular weight excluding hydrogens is 411 g/mol. The van der Waals surface area contributed by atoms with Crippen LogP contribution in [0.3, 0.4) is 0 Å². The summed E-state index contributed by atoms with van der Waals surface area (Å²) in [5.74, 6) is -0.599. The molecule has 0 unspecified atom stereocenters. The molecule has 1 aromatic heterocycles. The summed E-state index contributed by atoms with van der Waals surface area (Å²) in [6, 6.07) is 14.3. The summed E-state index contributed by atoms with van der Waals surface area (Å²) in [4.78, 5) is 26.9. The molecule has 0 radical (unpaired) electrons. The van der Waals surface area contributed by atoms with Crippen LogP contribution in [-0.4, -0.2) is 39.6 Å². The lowest BCUT2D eigenvalue weighted by Crippen LogP contribution is -2.38. The molecule has 29 heavy (non-hydrogen) atoms. The average Bonchev–Trinajstić information content (AvgIpc) is 3.20. The number of halogens is 2. The van der Waals surface area contributed by atoms with Crippen molar-refractivity contribution in [3.8, 4) is 5.69 Å². The number of carbonyl (C=O) groups excluding carboxylic acids is 2. The summed E-state index contributed by atoms with van der Waals surface area (Å²) in [5, 5.41) is 7.79. The molecule has 1 heterocycles. The van der Waals surface area contributed by atoms with Crippen LogP contribution in [0.1, 0.15) is 23.7 Å². The fourth-order valence-corrected chi connectivity index (χ4v) is 3.27. The quantitative estimate of drug-likeness (QED) is 0.591. The average molecular weight is 431 g/mol. The minimum Gasteiger partial charge on any atom is -0.329 e. The molecule has 6 nitrogen and oxygen atoms in total. The minimum absolute atomic E-state index is 0.0951. The Morgan fingerprint density at radius 2 is 1.90 bits per heavy atom. The largest absolute Gasteiger partial charge is 0.329 e. The summed E-state index contributed by atoms with van der Waals surface area (Å²) < 4.78 is 1.63. The third-order valence-corrected chi connectivity index (χ3v) is 4.72. The van der Waals surface area contributed by atoms with Gasteiger partial charge in [0.2, 0.25) is 5.91 Å². The Balaban J connectivity index is 1.71. The Morgan fingerprint density at radius 3 is 2.59 bits per heavy atom. The highest BCUT2D eigenvalue weighted by molar-refractivity contribution is 6.36. The highest BCUT2D eigenvalue weighted by Crippen LogP contribution is 2.25. The van der Waals surface area contributed by atoms with Crippen molar-refractivity contribution in [2.75, 3.05) is 18.4 Å². The lowest BCUT2D eigenvalue weighted by molar-refractivity contribution is -0.116. The van der Waals surface area contributed by atoms with Gasteiger partial charge < -0.3 is 10.2 Å². The van der Waals surface area contributed by atoms with Crippen molar-refractivity contribution in [3.05, 3.63) is 76.5 Å². The lowest BCUT2D eigenvalue weighted by Gasteiger charge is -2.21. The number of nitrogens with one attached hydrogen (secondary N) is 1. The molecule has 8 heteroatoms. The molecular formula is C21H20Cl2N4O2. The Hall–Kier alpha value is -2.83. The standard InChI is InChI=1S/C21H20Cl2N4O2/c1-2-10-26(14-20(28)25-19-9-8-16(22)11-18(19)23)21(29)15-12-24-27(13-15)17-6-4-3-5-7-17/h3-9,11-13H,2,10,14H2,1H3,(H,25,28). The van der Waals surface area contributed by atoms with E-state index in [2.05, 4.69) is 10.4 Å². The predicted molar refractivity (Wildman–Crippen MR) is 115 cm³/mol. The summed E-state index contributed by atoms with van der Waals surface area (Å²) in [6.45, 7) is 2.29. The van der Waals surface area contributed by atoms with E-state index >= 15 is 0 Å². The maximum Gasteiger partial charge on any atom is 0.257 e. The first-order valence-electron chi connectivity index (χ1n) is 9.12. The molecule has 1 N–H and O–H groups in total. The zero-order valence-corrected chi connectivity index (χ0v) is 17.3. The van der Waals surface area contributed by atoms with E-state index in [-0.39, 0.29) is 18.4 Å². The molecule has 2 aromatic carbocycles. The normalized spacial score (nSPS) is 10.6. The number of anilines is 1. The molecule has 3 rings (SSSR count). The van der Waals surface area contributed by atoms with Crippen molar-refractivity contribution in [1.29, 1.82) is 0 Å². The van der Waals surface area contributed by atoms with Crippen LogP contribution in [0.4, 0.5) is 5.69 Å². The molecule has 0 saturated carbocycles. The third-order valence-electron chi connectivity index (χ3n) is 4.17. The first-order chi connectivity index (χ1) is 14.0. The first-order valence-corrected chi connectivity index (χ1v) is 9.87. The smallest absolute Gasteiger partial charge is 0.257 e. The molecule has 0 aliphatic rings. The van der Waals surface area contributed by atoms with Crippen LogP contribution in [-0.2, 0) is 4.79 Å². The van der Waals surface area contributed by atoms with E-state index in [0.29, 0.717) is 34.3 Å². The van der Waals surface area contributed by atoms with Crippen LogP contribution in [0, 0.1) is 0 Å². The van der Waals surface area contributed by atoms with Crippen molar-refractivity contribution >= 4 is 40.7 Å². The molecule has 0 spiro atoms. The maximum absolute atomic E-state index is 12.9. The Bertz CT molecular complexity index is 1000. The number of carbonyl (C=O) groups is 2. The minimum atomic E-state index is -0.341. The Labute approximate surface area is 179 Å². The third kappa shape index (κ3) is 5.37. The number of rotatable bonds is 7. The van der Waals surface area contributed by atoms with E-state index in [4.69, 9.17) is 23.2 Å². The predicted octanol–water partition coefficient (Wildman–Crippen LogP) is 4.67. The molecule has 2 amide bonds. The zero-order valence-electron chi connectivity index (χ0n) is 15.8. The van der Waals surface area contributed by atoms with Crippen LogP contribution >= 0.6 is 23.2 Å². The second-order valence-electron chi connectivity index (χ2n) is 6.41. The Morgan fingerprint density at radius 1 is 1.14 bits per heavy atom. The summed E-state index contributed by atoms with van der Waals surface area (Å²) >= 11 is 12.0. The number of hydrogen-bond donors (Lipinski definition) is 1. The van der Waals surface area contributed by atoms with Crippen molar-refractivity contribution in [2.24, 2.45) is 0 Å². The SMILES string of the molecule is CCCN(CC(=O)Nc1ccc(Cl)cc1Cl)C(=O)c1cnn(-c2ccccc2)c1. The second-order valence-corrected chi connectivity index (χ2v) is 7.25. The summed E-state index contributed by atoms with van der Waals surface area (Å²) in [6.07, 6.45) is 3.88. The lowest BCUT2D eigenvalue weighted by atomic mass is 10.2. The summed E-state index contributed by atoms with van der Waals surface area (Å²) in [5.41, 5.74) is 1.71. The van der Waals surface area contributed by atoms with Crippen molar-refractivity contribution in [2.45, 2.75) is 13.3 Å². The van der Waals surface area contributed by atoms with Crippen molar-refractivity contribution in [3.63, 3.8) is 0 Å². The van der Waals surface area contributed by atoms with Gasteiger partial charge in [-0.05, 0) is 36.8 Å². The number of para-hydroxylation sites is 1. The molecule has 0 aliphatic carbocycles. The van der Waals surface area contributed by atoms with Crippen LogP contribution in [0.2, 0.25) is 10.0 Å². The molecule has 150 valence electrons. The van der Waals surface area contributed by atoms with Gasteiger partial charge in [-0.15, -0.1) is 0 Å². The van der Waals surface area contributed by atoms with Gasteiger partial charge in [-0.3, -0.25) is 9.59 Å². The fourth-order valence-electron chi connectivity index (χ4n) is 2.81. The highest BCUT2D eigenvalue weighted by Gasteiger charge is 2.20. The van der Waals surface area contributed by atoms with Gasteiger partial charge in [-0.2, -0.15) is 5.10 Å². The highest BCUT2D eigenvalue weighted by atomic mass is 35.5.